The minimum atomic E-state index is -0.503. The van der Waals surface area contributed by atoms with E-state index in [0.29, 0.717) is 11.1 Å². The van der Waals surface area contributed by atoms with Crippen molar-refractivity contribution in [3.05, 3.63) is 34.1 Å². The number of benzene rings is 1. The van der Waals surface area contributed by atoms with Crippen molar-refractivity contribution in [2.24, 2.45) is 5.73 Å². The molecule has 0 radical (unpaired) electrons. The van der Waals surface area contributed by atoms with Gasteiger partial charge in [-0.3, -0.25) is 0 Å². The Morgan fingerprint density at radius 3 is 2.69 bits per heavy atom. The van der Waals surface area contributed by atoms with Crippen LogP contribution in [0.3, 0.4) is 0 Å². The number of hydrogen-bond donors (Lipinski definition) is 2. The van der Waals surface area contributed by atoms with Crippen LogP contribution in [0.2, 0.25) is 5.02 Å². The summed E-state index contributed by atoms with van der Waals surface area (Å²) >= 11 is 5.61. The van der Waals surface area contributed by atoms with Crippen LogP contribution in [0.25, 0.3) is 0 Å². The lowest BCUT2D eigenvalue weighted by atomic mass is 10.1. The van der Waals surface area contributed by atoms with Gasteiger partial charge in [0.25, 0.3) is 0 Å². The molecule has 0 amide bonds. The molecule has 1 unspecified atom stereocenters. The first-order valence-corrected chi connectivity index (χ1v) is 4.26. The summed E-state index contributed by atoms with van der Waals surface area (Å²) in [6, 6.07) is 2.52. The highest BCUT2D eigenvalue weighted by molar-refractivity contribution is 6.30. The molecule has 1 aromatic carbocycles. The van der Waals surface area contributed by atoms with Crippen molar-refractivity contribution in [2.75, 3.05) is 6.61 Å². The number of aliphatic hydroxyl groups excluding tert-OH is 1. The third kappa shape index (κ3) is 2.18. The number of aliphatic hydroxyl groups is 1. The van der Waals surface area contributed by atoms with Gasteiger partial charge in [-0.2, -0.15) is 0 Å². The van der Waals surface area contributed by atoms with Crippen molar-refractivity contribution < 1.29 is 9.50 Å². The zero-order chi connectivity index (χ0) is 10.0. The molecule has 3 N–H and O–H groups in total. The maximum atomic E-state index is 13.0. The average molecular weight is 204 g/mol. The highest BCUT2D eigenvalue weighted by Crippen LogP contribution is 2.22. The first-order valence-electron chi connectivity index (χ1n) is 3.88. The average Bonchev–Trinajstić information content (AvgIpc) is 2.12. The summed E-state index contributed by atoms with van der Waals surface area (Å²) in [7, 11) is 0. The van der Waals surface area contributed by atoms with Crippen LogP contribution < -0.4 is 5.73 Å². The van der Waals surface area contributed by atoms with E-state index in [2.05, 4.69) is 0 Å². The fraction of sp³-hybridized carbons (Fsp3) is 0.333. The van der Waals surface area contributed by atoms with E-state index >= 15 is 0 Å². The number of hydrogen-bond acceptors (Lipinski definition) is 2. The Balaban J connectivity index is 3.13. The van der Waals surface area contributed by atoms with E-state index in [1.165, 1.54) is 6.07 Å². The second-order valence-corrected chi connectivity index (χ2v) is 3.33. The van der Waals surface area contributed by atoms with Crippen LogP contribution >= 0.6 is 11.6 Å². The molecule has 0 saturated heterocycles. The van der Waals surface area contributed by atoms with Crippen molar-refractivity contribution in [2.45, 2.75) is 13.0 Å². The van der Waals surface area contributed by atoms with E-state index in [-0.39, 0.29) is 11.6 Å². The number of rotatable bonds is 2. The Morgan fingerprint density at radius 1 is 1.62 bits per heavy atom. The highest BCUT2D eigenvalue weighted by Gasteiger charge is 2.10. The molecule has 0 bridgehead atoms. The van der Waals surface area contributed by atoms with E-state index in [4.69, 9.17) is 22.4 Å². The van der Waals surface area contributed by atoms with Crippen LogP contribution in [0, 0.1) is 12.7 Å². The summed E-state index contributed by atoms with van der Waals surface area (Å²) in [5.74, 6) is -0.435. The van der Waals surface area contributed by atoms with Crippen LogP contribution in [0.1, 0.15) is 17.2 Å². The molecular formula is C9H11ClFNO. The highest BCUT2D eigenvalue weighted by atomic mass is 35.5. The molecule has 0 aliphatic rings. The van der Waals surface area contributed by atoms with E-state index in [1.807, 2.05) is 0 Å². The standard InChI is InChI=1S/C9H11ClFNO/c1-5-2-6(8(12)4-13)3-7(10)9(5)11/h2-3,8,13H,4,12H2,1H3. The van der Waals surface area contributed by atoms with Gasteiger partial charge in [0.2, 0.25) is 0 Å². The molecule has 72 valence electrons. The third-order valence-corrected chi connectivity index (χ3v) is 2.13. The van der Waals surface area contributed by atoms with E-state index in [9.17, 15) is 4.39 Å². The van der Waals surface area contributed by atoms with Crippen molar-refractivity contribution in [1.82, 2.24) is 0 Å². The molecule has 0 heterocycles. The quantitative estimate of drug-likeness (QED) is 0.770. The van der Waals surface area contributed by atoms with Crippen molar-refractivity contribution >= 4 is 11.6 Å². The van der Waals surface area contributed by atoms with Gasteiger partial charge in [0, 0.05) is 0 Å². The van der Waals surface area contributed by atoms with Gasteiger partial charge in [-0.15, -0.1) is 0 Å². The predicted octanol–water partition coefficient (Wildman–Crippen LogP) is 1.78. The topological polar surface area (TPSA) is 46.2 Å². The normalized spacial score (nSPS) is 13.0. The minimum Gasteiger partial charge on any atom is -0.394 e. The molecule has 1 rings (SSSR count). The third-order valence-electron chi connectivity index (χ3n) is 1.86. The summed E-state index contributed by atoms with van der Waals surface area (Å²) in [5.41, 5.74) is 6.63. The monoisotopic (exact) mass is 203 g/mol. The second kappa shape index (κ2) is 4.05. The minimum absolute atomic E-state index is 0.0406. The van der Waals surface area contributed by atoms with Crippen LogP contribution in [-0.4, -0.2) is 11.7 Å². The van der Waals surface area contributed by atoms with Gasteiger partial charge in [-0.05, 0) is 24.1 Å². The fourth-order valence-electron chi connectivity index (χ4n) is 1.07. The molecule has 0 aliphatic carbocycles. The lowest BCUT2D eigenvalue weighted by molar-refractivity contribution is 0.268. The summed E-state index contributed by atoms with van der Waals surface area (Å²) in [6.07, 6.45) is 0. The Hall–Kier alpha value is -0.640. The largest absolute Gasteiger partial charge is 0.394 e. The summed E-state index contributed by atoms with van der Waals surface area (Å²) in [6.45, 7) is 1.43. The summed E-state index contributed by atoms with van der Waals surface area (Å²) in [5, 5.41) is 8.82. The van der Waals surface area contributed by atoms with Crippen LogP contribution in [0.4, 0.5) is 4.39 Å². The van der Waals surface area contributed by atoms with Gasteiger partial charge in [0.1, 0.15) is 5.82 Å². The molecule has 4 heteroatoms. The van der Waals surface area contributed by atoms with E-state index in [0.717, 1.165) is 0 Å². The zero-order valence-corrected chi connectivity index (χ0v) is 7.98. The van der Waals surface area contributed by atoms with Gasteiger partial charge in [0.05, 0.1) is 17.7 Å². The maximum Gasteiger partial charge on any atom is 0.144 e. The Kier molecular flexibility index (Phi) is 3.25. The predicted molar refractivity (Wildman–Crippen MR) is 50.2 cm³/mol. The van der Waals surface area contributed by atoms with Gasteiger partial charge >= 0.3 is 0 Å². The lowest BCUT2D eigenvalue weighted by Gasteiger charge is -2.10. The Morgan fingerprint density at radius 2 is 2.23 bits per heavy atom. The van der Waals surface area contributed by atoms with Gasteiger partial charge < -0.3 is 10.8 Å². The van der Waals surface area contributed by atoms with Crippen LogP contribution in [0.5, 0.6) is 0 Å². The molecular weight excluding hydrogens is 193 g/mol. The van der Waals surface area contributed by atoms with Gasteiger partial charge in [0.15, 0.2) is 0 Å². The Labute approximate surface area is 81.1 Å². The zero-order valence-electron chi connectivity index (χ0n) is 7.22. The van der Waals surface area contributed by atoms with E-state index in [1.54, 1.807) is 13.0 Å². The Bertz CT molecular complexity index is 293. The lowest BCUT2D eigenvalue weighted by Crippen LogP contribution is -2.14. The molecule has 0 aliphatic heterocycles. The van der Waals surface area contributed by atoms with E-state index < -0.39 is 11.9 Å². The SMILES string of the molecule is Cc1cc(C(N)CO)cc(Cl)c1F. The molecule has 0 aromatic heterocycles. The van der Waals surface area contributed by atoms with Gasteiger partial charge in [-0.25, -0.2) is 4.39 Å². The molecule has 0 saturated carbocycles. The van der Waals surface area contributed by atoms with Crippen molar-refractivity contribution in [1.29, 1.82) is 0 Å². The molecule has 1 aromatic rings. The number of halogens is 2. The smallest absolute Gasteiger partial charge is 0.144 e. The fourth-order valence-corrected chi connectivity index (χ4v) is 1.35. The maximum absolute atomic E-state index is 13.0. The van der Waals surface area contributed by atoms with Gasteiger partial charge in [-0.1, -0.05) is 17.7 Å². The van der Waals surface area contributed by atoms with Crippen molar-refractivity contribution in [3.63, 3.8) is 0 Å². The first kappa shape index (κ1) is 10.4. The molecule has 0 spiro atoms. The molecule has 2 nitrogen and oxygen atoms in total. The summed E-state index contributed by atoms with van der Waals surface area (Å²) < 4.78 is 13.0. The molecule has 1 atom stereocenters. The van der Waals surface area contributed by atoms with Crippen LogP contribution in [-0.2, 0) is 0 Å². The molecule has 13 heavy (non-hydrogen) atoms. The second-order valence-electron chi connectivity index (χ2n) is 2.92. The van der Waals surface area contributed by atoms with Crippen LogP contribution in [0.15, 0.2) is 12.1 Å². The van der Waals surface area contributed by atoms with Crippen molar-refractivity contribution in [3.8, 4) is 0 Å². The molecule has 0 fully saturated rings. The first-order chi connectivity index (χ1) is 6.06. The number of nitrogens with two attached hydrogens (primary N) is 1. The summed E-state index contributed by atoms with van der Waals surface area (Å²) in [4.78, 5) is 0. The number of aryl methyl sites for hydroxylation is 1.